The summed E-state index contributed by atoms with van der Waals surface area (Å²) in [5.41, 5.74) is 4.36. The summed E-state index contributed by atoms with van der Waals surface area (Å²) in [6, 6.07) is 17.3. The number of hydrogen-bond donors (Lipinski definition) is 1. The Labute approximate surface area is 210 Å². The molecule has 0 aliphatic carbocycles. The van der Waals surface area contributed by atoms with Gasteiger partial charge in [-0.2, -0.15) is 0 Å². The van der Waals surface area contributed by atoms with E-state index in [4.69, 9.17) is 16.3 Å². The third kappa shape index (κ3) is 4.44. The second-order valence-corrected chi connectivity index (χ2v) is 9.56. The summed E-state index contributed by atoms with van der Waals surface area (Å²) < 4.78 is 5.54. The third-order valence-corrected chi connectivity index (χ3v) is 6.58. The van der Waals surface area contributed by atoms with Crippen LogP contribution < -0.4 is 9.64 Å². The highest BCUT2D eigenvalue weighted by Crippen LogP contribution is 2.44. The molecule has 4 rings (SSSR count). The maximum atomic E-state index is 13.4. The topological polar surface area (TPSA) is 66.8 Å². The summed E-state index contributed by atoms with van der Waals surface area (Å²) in [6.07, 6.45) is 0. The predicted octanol–water partition coefficient (Wildman–Crippen LogP) is 6.72. The number of aliphatic hydroxyl groups is 1. The normalized spacial score (nSPS) is 17.3. The fourth-order valence-corrected chi connectivity index (χ4v) is 4.79. The first-order valence-electron chi connectivity index (χ1n) is 11.5. The van der Waals surface area contributed by atoms with Gasteiger partial charge in [0, 0.05) is 16.3 Å². The van der Waals surface area contributed by atoms with Gasteiger partial charge < -0.3 is 9.84 Å². The van der Waals surface area contributed by atoms with E-state index in [-0.39, 0.29) is 17.3 Å². The van der Waals surface area contributed by atoms with Gasteiger partial charge in [0.25, 0.3) is 11.7 Å². The number of nitrogens with zero attached hydrogens (tertiary/aromatic N) is 1. The standard InChI is InChI=1S/C29H28ClNO4/c1-16(2)22-15-23(18(4)13-24(22)35-5)27(32)25-26(19-9-6-8-17(3)12-19)31(29(34)28(25)33)21-11-7-10-20(30)14-21/h6-16,26,32H,1-5H3/b27-25+. The molecule has 1 saturated heterocycles. The molecular weight excluding hydrogens is 462 g/mol. The molecule has 3 aromatic carbocycles. The minimum Gasteiger partial charge on any atom is -0.507 e. The average Bonchev–Trinajstić information content (AvgIpc) is 3.08. The lowest BCUT2D eigenvalue weighted by atomic mass is 9.90. The van der Waals surface area contributed by atoms with Gasteiger partial charge in [0.2, 0.25) is 0 Å². The molecule has 1 amide bonds. The number of ether oxygens (including phenoxy) is 1. The lowest BCUT2D eigenvalue weighted by Crippen LogP contribution is -2.29. The summed E-state index contributed by atoms with van der Waals surface area (Å²) in [5, 5.41) is 12.0. The Morgan fingerprint density at radius 3 is 2.37 bits per heavy atom. The van der Waals surface area contributed by atoms with E-state index >= 15 is 0 Å². The van der Waals surface area contributed by atoms with Crippen LogP contribution in [0.15, 0.2) is 66.2 Å². The highest BCUT2D eigenvalue weighted by Gasteiger charge is 2.47. The number of carbonyl (C=O) groups is 2. The third-order valence-electron chi connectivity index (χ3n) is 6.34. The van der Waals surface area contributed by atoms with Gasteiger partial charge in [-0.25, -0.2) is 0 Å². The van der Waals surface area contributed by atoms with Crippen LogP contribution in [0.1, 0.15) is 53.6 Å². The fraction of sp³-hybridized carbons (Fsp3) is 0.241. The van der Waals surface area contributed by atoms with E-state index in [0.717, 1.165) is 22.3 Å². The van der Waals surface area contributed by atoms with Crippen molar-refractivity contribution in [2.75, 3.05) is 12.0 Å². The molecule has 1 fully saturated rings. The van der Waals surface area contributed by atoms with Crippen molar-refractivity contribution in [3.63, 3.8) is 0 Å². The Bertz CT molecular complexity index is 1360. The quantitative estimate of drug-likeness (QED) is 0.245. The molecule has 3 aromatic rings. The van der Waals surface area contributed by atoms with Crippen LogP contribution in [0.25, 0.3) is 5.76 Å². The van der Waals surface area contributed by atoms with Crippen LogP contribution in [-0.4, -0.2) is 23.9 Å². The molecule has 5 nitrogen and oxygen atoms in total. The number of Topliss-reactive ketones (excluding diaryl/α,β-unsaturated/α-hetero) is 1. The predicted molar refractivity (Wildman–Crippen MR) is 139 cm³/mol. The van der Waals surface area contributed by atoms with Crippen LogP contribution in [0.5, 0.6) is 5.75 Å². The zero-order chi connectivity index (χ0) is 25.4. The molecule has 35 heavy (non-hydrogen) atoms. The van der Waals surface area contributed by atoms with Crippen molar-refractivity contribution in [1.82, 2.24) is 0 Å². The lowest BCUT2D eigenvalue weighted by molar-refractivity contribution is -0.132. The van der Waals surface area contributed by atoms with Gasteiger partial charge in [-0.05, 0) is 66.8 Å². The number of benzene rings is 3. The second-order valence-electron chi connectivity index (χ2n) is 9.13. The van der Waals surface area contributed by atoms with E-state index in [1.807, 2.05) is 64.1 Å². The lowest BCUT2D eigenvalue weighted by Gasteiger charge is -2.26. The van der Waals surface area contributed by atoms with E-state index < -0.39 is 17.7 Å². The molecule has 1 unspecified atom stereocenters. The molecule has 0 spiro atoms. The first kappa shape index (κ1) is 24.6. The highest BCUT2D eigenvalue weighted by atomic mass is 35.5. The smallest absolute Gasteiger partial charge is 0.300 e. The molecule has 0 aromatic heterocycles. The minimum atomic E-state index is -0.808. The first-order valence-corrected chi connectivity index (χ1v) is 11.8. The van der Waals surface area contributed by atoms with Crippen LogP contribution in [0, 0.1) is 13.8 Å². The van der Waals surface area contributed by atoms with Crippen molar-refractivity contribution >= 4 is 34.7 Å². The number of rotatable bonds is 5. The number of methoxy groups -OCH3 is 1. The Balaban J connectivity index is 2.00. The highest BCUT2D eigenvalue weighted by molar-refractivity contribution is 6.51. The van der Waals surface area contributed by atoms with Crippen molar-refractivity contribution in [1.29, 1.82) is 0 Å². The maximum Gasteiger partial charge on any atom is 0.300 e. The van der Waals surface area contributed by atoms with Crippen LogP contribution in [0.3, 0.4) is 0 Å². The van der Waals surface area contributed by atoms with E-state index in [1.54, 1.807) is 31.4 Å². The van der Waals surface area contributed by atoms with Gasteiger partial charge in [0.1, 0.15) is 11.5 Å². The molecule has 1 aliphatic rings. The van der Waals surface area contributed by atoms with E-state index in [1.165, 1.54) is 4.90 Å². The monoisotopic (exact) mass is 489 g/mol. The summed E-state index contributed by atoms with van der Waals surface area (Å²) >= 11 is 6.22. The Morgan fingerprint density at radius 2 is 1.74 bits per heavy atom. The largest absolute Gasteiger partial charge is 0.507 e. The van der Waals surface area contributed by atoms with Crippen LogP contribution >= 0.6 is 11.6 Å². The van der Waals surface area contributed by atoms with Gasteiger partial charge in [0.15, 0.2) is 0 Å². The Kier molecular flexibility index (Phi) is 6.73. The summed E-state index contributed by atoms with van der Waals surface area (Å²) in [6.45, 7) is 7.84. The van der Waals surface area contributed by atoms with E-state index in [2.05, 4.69) is 0 Å². The molecule has 1 heterocycles. The minimum absolute atomic E-state index is 0.0450. The summed E-state index contributed by atoms with van der Waals surface area (Å²) in [5.74, 6) is -0.825. The molecular formula is C29H28ClNO4. The molecule has 1 atom stereocenters. The van der Waals surface area contributed by atoms with Crippen molar-refractivity contribution < 1.29 is 19.4 Å². The van der Waals surface area contributed by atoms with Crippen molar-refractivity contribution in [3.05, 3.63) is 99.1 Å². The van der Waals surface area contributed by atoms with Gasteiger partial charge in [-0.15, -0.1) is 0 Å². The molecule has 0 saturated carbocycles. The van der Waals surface area contributed by atoms with Crippen molar-refractivity contribution in [3.8, 4) is 5.75 Å². The zero-order valence-electron chi connectivity index (χ0n) is 20.4. The number of aryl methyl sites for hydroxylation is 2. The molecule has 0 radical (unpaired) electrons. The van der Waals surface area contributed by atoms with Gasteiger partial charge in [0.05, 0.1) is 18.7 Å². The Morgan fingerprint density at radius 1 is 1.03 bits per heavy atom. The van der Waals surface area contributed by atoms with Crippen LogP contribution in [0.2, 0.25) is 5.02 Å². The number of aliphatic hydroxyl groups excluding tert-OH is 1. The second kappa shape index (κ2) is 9.59. The van der Waals surface area contributed by atoms with Gasteiger partial charge in [-0.1, -0.05) is 61.3 Å². The van der Waals surface area contributed by atoms with Crippen molar-refractivity contribution in [2.24, 2.45) is 0 Å². The first-order chi connectivity index (χ1) is 16.6. The average molecular weight is 490 g/mol. The SMILES string of the molecule is COc1cc(C)c(/C(O)=C2\C(=O)C(=O)N(c3cccc(Cl)c3)C2c2cccc(C)c2)cc1C(C)C. The number of anilines is 1. The molecule has 1 N–H and O–H groups in total. The summed E-state index contributed by atoms with van der Waals surface area (Å²) in [4.78, 5) is 28.2. The number of halogens is 1. The number of hydrogen-bond acceptors (Lipinski definition) is 4. The van der Waals surface area contributed by atoms with E-state index in [9.17, 15) is 14.7 Å². The maximum absolute atomic E-state index is 13.4. The van der Waals surface area contributed by atoms with Crippen LogP contribution in [0.4, 0.5) is 5.69 Å². The van der Waals surface area contributed by atoms with Crippen LogP contribution in [-0.2, 0) is 9.59 Å². The number of ketones is 1. The number of amides is 1. The van der Waals surface area contributed by atoms with Crippen molar-refractivity contribution in [2.45, 2.75) is 39.7 Å². The fourth-order valence-electron chi connectivity index (χ4n) is 4.61. The molecule has 180 valence electrons. The van der Waals surface area contributed by atoms with E-state index in [0.29, 0.717) is 22.0 Å². The summed E-state index contributed by atoms with van der Waals surface area (Å²) in [7, 11) is 1.61. The van der Waals surface area contributed by atoms with Gasteiger partial charge >= 0.3 is 0 Å². The molecule has 6 heteroatoms. The number of carbonyl (C=O) groups excluding carboxylic acids is 2. The van der Waals surface area contributed by atoms with Gasteiger partial charge in [-0.3, -0.25) is 14.5 Å². The zero-order valence-corrected chi connectivity index (χ0v) is 21.2. The molecule has 0 bridgehead atoms. The Hall–Kier alpha value is -3.57. The molecule has 1 aliphatic heterocycles.